The topological polar surface area (TPSA) is 61.4 Å². The summed E-state index contributed by atoms with van der Waals surface area (Å²) in [5.41, 5.74) is 0.756. The van der Waals surface area contributed by atoms with Crippen molar-refractivity contribution in [2.75, 3.05) is 22.7 Å². The van der Waals surface area contributed by atoms with Crippen molar-refractivity contribution in [2.45, 2.75) is 30.8 Å². The molecule has 26 heavy (non-hydrogen) atoms. The quantitative estimate of drug-likeness (QED) is 0.647. The van der Waals surface area contributed by atoms with Gasteiger partial charge in [0.2, 0.25) is 0 Å². The first kappa shape index (κ1) is 19.4. The Kier molecular flexibility index (Phi) is 5.73. The maximum atomic E-state index is 14.2. The number of halogens is 2. The maximum Gasteiger partial charge on any atom is 0.261 e. The number of benzene rings is 2. The van der Waals surface area contributed by atoms with E-state index in [1.165, 1.54) is 18.2 Å². The Morgan fingerprint density at radius 1 is 1.12 bits per heavy atom. The van der Waals surface area contributed by atoms with Gasteiger partial charge in [0.1, 0.15) is 5.82 Å². The number of nitrogens with one attached hydrogen (secondary N) is 2. The van der Waals surface area contributed by atoms with E-state index in [4.69, 9.17) is 0 Å². The molecule has 2 unspecified atom stereocenters. The van der Waals surface area contributed by atoms with Crippen LogP contribution in [0, 0.1) is 9.39 Å². The molecule has 8 heteroatoms. The lowest BCUT2D eigenvalue weighted by Crippen LogP contribution is -2.54. The van der Waals surface area contributed by atoms with Gasteiger partial charge in [-0.1, -0.05) is 0 Å². The molecule has 0 bridgehead atoms. The van der Waals surface area contributed by atoms with Crippen LogP contribution in [0.4, 0.5) is 15.8 Å². The van der Waals surface area contributed by atoms with E-state index in [0.717, 1.165) is 22.3 Å². The van der Waals surface area contributed by atoms with Crippen molar-refractivity contribution in [1.82, 2.24) is 5.32 Å². The number of sulfonamides is 1. The first-order chi connectivity index (χ1) is 12.2. The van der Waals surface area contributed by atoms with Crippen molar-refractivity contribution in [2.24, 2.45) is 0 Å². The summed E-state index contributed by atoms with van der Waals surface area (Å²) in [7, 11) is -3.85. The van der Waals surface area contributed by atoms with Gasteiger partial charge in [-0.2, -0.15) is 0 Å². The molecule has 0 radical (unpaired) electrons. The van der Waals surface area contributed by atoms with Crippen molar-refractivity contribution >= 4 is 44.0 Å². The van der Waals surface area contributed by atoms with E-state index < -0.39 is 15.8 Å². The van der Waals surface area contributed by atoms with Crippen molar-refractivity contribution in [3.05, 3.63) is 51.9 Å². The molecule has 0 aliphatic carbocycles. The highest BCUT2D eigenvalue weighted by atomic mass is 127. The Labute approximate surface area is 167 Å². The van der Waals surface area contributed by atoms with E-state index in [9.17, 15) is 12.8 Å². The molecular formula is C18H21FIN3O2S. The van der Waals surface area contributed by atoms with Crippen LogP contribution in [0.15, 0.2) is 47.4 Å². The van der Waals surface area contributed by atoms with Crippen LogP contribution >= 0.6 is 22.6 Å². The van der Waals surface area contributed by atoms with Crippen molar-refractivity contribution in [3.8, 4) is 0 Å². The van der Waals surface area contributed by atoms with Gasteiger partial charge >= 0.3 is 0 Å². The third-order valence-electron chi connectivity index (χ3n) is 4.24. The van der Waals surface area contributed by atoms with E-state index in [2.05, 4.69) is 51.4 Å². The average molecular weight is 489 g/mol. The summed E-state index contributed by atoms with van der Waals surface area (Å²) in [6, 6.07) is 11.6. The Morgan fingerprint density at radius 3 is 2.35 bits per heavy atom. The second-order valence-corrected chi connectivity index (χ2v) is 9.53. The van der Waals surface area contributed by atoms with E-state index in [1.54, 1.807) is 24.3 Å². The molecular weight excluding hydrogens is 468 g/mol. The highest BCUT2D eigenvalue weighted by Crippen LogP contribution is 2.26. The van der Waals surface area contributed by atoms with Gasteiger partial charge in [-0.05, 0) is 78.9 Å². The largest absolute Gasteiger partial charge is 0.368 e. The molecule has 2 aromatic rings. The van der Waals surface area contributed by atoms with Crippen molar-refractivity contribution < 1.29 is 12.8 Å². The van der Waals surface area contributed by atoms with Gasteiger partial charge in [-0.15, -0.1) is 0 Å². The minimum atomic E-state index is -3.85. The monoisotopic (exact) mass is 489 g/mol. The van der Waals surface area contributed by atoms with Gasteiger partial charge in [-0.3, -0.25) is 4.72 Å². The van der Waals surface area contributed by atoms with Crippen LogP contribution in [0.2, 0.25) is 0 Å². The standard InChI is InChI=1S/C18H21FIN3O2S/c1-12-10-23(11-13(2)21-12)15-5-8-17(19)18(9-15)22-26(24,25)16-6-3-14(20)4-7-16/h3-9,12-13,21-22H,10-11H2,1-2H3. The second-order valence-electron chi connectivity index (χ2n) is 6.60. The first-order valence-electron chi connectivity index (χ1n) is 8.33. The number of nitrogens with zero attached hydrogens (tertiary/aromatic N) is 1. The molecule has 1 fully saturated rings. The fourth-order valence-corrected chi connectivity index (χ4v) is 4.56. The lowest BCUT2D eigenvalue weighted by molar-refractivity contribution is 0.407. The average Bonchev–Trinajstić information content (AvgIpc) is 2.56. The van der Waals surface area contributed by atoms with Crippen LogP contribution in [0.5, 0.6) is 0 Å². The van der Waals surface area contributed by atoms with Crippen LogP contribution < -0.4 is 14.9 Å². The summed E-state index contributed by atoms with van der Waals surface area (Å²) >= 11 is 2.10. The molecule has 2 N–H and O–H groups in total. The number of hydrogen-bond acceptors (Lipinski definition) is 4. The molecule has 1 aliphatic rings. The summed E-state index contributed by atoms with van der Waals surface area (Å²) in [4.78, 5) is 2.24. The molecule has 0 amide bonds. The predicted octanol–water partition coefficient (Wildman–Crippen LogP) is 3.42. The van der Waals surface area contributed by atoms with Gasteiger partial charge in [0.25, 0.3) is 10.0 Å². The van der Waals surface area contributed by atoms with Crippen LogP contribution in [0.1, 0.15) is 13.8 Å². The lowest BCUT2D eigenvalue weighted by Gasteiger charge is -2.37. The normalized spacial score (nSPS) is 20.8. The Morgan fingerprint density at radius 2 is 1.73 bits per heavy atom. The SMILES string of the molecule is CC1CN(c2ccc(F)c(NS(=O)(=O)c3ccc(I)cc3)c2)CC(C)N1. The molecule has 2 atom stereocenters. The molecule has 1 saturated heterocycles. The van der Waals surface area contributed by atoms with E-state index in [0.29, 0.717) is 12.1 Å². The predicted molar refractivity (Wildman–Crippen MR) is 111 cm³/mol. The van der Waals surface area contributed by atoms with Gasteiger partial charge in [-0.25, -0.2) is 12.8 Å². The van der Waals surface area contributed by atoms with E-state index >= 15 is 0 Å². The third-order valence-corrected chi connectivity index (χ3v) is 6.34. The van der Waals surface area contributed by atoms with Crippen LogP contribution in [-0.4, -0.2) is 33.6 Å². The van der Waals surface area contributed by atoms with Gasteiger partial charge in [0, 0.05) is 34.4 Å². The van der Waals surface area contributed by atoms with Crippen LogP contribution in [0.3, 0.4) is 0 Å². The molecule has 0 saturated carbocycles. The van der Waals surface area contributed by atoms with Gasteiger partial charge in [0.05, 0.1) is 10.6 Å². The Balaban J connectivity index is 1.87. The Bertz CT molecular complexity index is 880. The zero-order valence-electron chi connectivity index (χ0n) is 14.5. The zero-order chi connectivity index (χ0) is 18.9. The molecule has 1 heterocycles. The third kappa shape index (κ3) is 4.47. The highest BCUT2D eigenvalue weighted by molar-refractivity contribution is 14.1. The molecule has 0 spiro atoms. The molecule has 140 valence electrons. The van der Waals surface area contributed by atoms with Gasteiger partial charge < -0.3 is 10.2 Å². The molecule has 2 aromatic carbocycles. The number of piperazine rings is 1. The fourth-order valence-electron chi connectivity index (χ4n) is 3.14. The van der Waals surface area contributed by atoms with E-state index in [-0.39, 0.29) is 10.6 Å². The fraction of sp³-hybridized carbons (Fsp3) is 0.333. The van der Waals surface area contributed by atoms with Gasteiger partial charge in [0.15, 0.2) is 0 Å². The molecule has 1 aliphatic heterocycles. The Hall–Kier alpha value is -1.39. The summed E-state index contributed by atoms with van der Waals surface area (Å²) < 4.78 is 42.7. The minimum absolute atomic E-state index is 0.0418. The second kappa shape index (κ2) is 7.69. The maximum absolute atomic E-state index is 14.2. The summed E-state index contributed by atoms with van der Waals surface area (Å²) in [5, 5.41) is 3.44. The summed E-state index contributed by atoms with van der Waals surface area (Å²) in [6.45, 7) is 5.73. The zero-order valence-corrected chi connectivity index (χ0v) is 17.5. The number of hydrogen-bond donors (Lipinski definition) is 2. The van der Waals surface area contributed by atoms with Crippen LogP contribution in [-0.2, 0) is 10.0 Å². The first-order valence-corrected chi connectivity index (χ1v) is 10.9. The lowest BCUT2D eigenvalue weighted by atomic mass is 10.1. The minimum Gasteiger partial charge on any atom is -0.368 e. The molecule has 5 nitrogen and oxygen atoms in total. The summed E-state index contributed by atoms with van der Waals surface area (Å²) in [6.07, 6.45) is 0. The van der Waals surface area contributed by atoms with E-state index in [1.807, 2.05) is 0 Å². The highest BCUT2D eigenvalue weighted by Gasteiger charge is 2.23. The van der Waals surface area contributed by atoms with Crippen LogP contribution in [0.25, 0.3) is 0 Å². The number of rotatable bonds is 4. The smallest absolute Gasteiger partial charge is 0.261 e. The van der Waals surface area contributed by atoms with Crippen molar-refractivity contribution in [3.63, 3.8) is 0 Å². The van der Waals surface area contributed by atoms with Crippen molar-refractivity contribution in [1.29, 1.82) is 0 Å². The molecule has 0 aromatic heterocycles. The summed E-state index contributed by atoms with van der Waals surface area (Å²) in [5.74, 6) is -0.598. The number of anilines is 2. The molecule has 3 rings (SSSR count).